The van der Waals surface area contributed by atoms with E-state index in [0.717, 1.165) is 24.3 Å². The Balaban J connectivity index is 1.45. The third-order valence-corrected chi connectivity index (χ3v) is 5.68. The molecule has 0 unspecified atom stereocenters. The molecule has 0 aromatic carbocycles. The summed E-state index contributed by atoms with van der Waals surface area (Å²) in [6.07, 6.45) is 9.67. The van der Waals surface area contributed by atoms with Gasteiger partial charge in [0.1, 0.15) is 5.69 Å². The number of nitrogens with two attached hydrogens (primary N) is 1. The van der Waals surface area contributed by atoms with E-state index in [1.807, 2.05) is 0 Å². The Morgan fingerprint density at radius 2 is 1.90 bits per heavy atom. The molecular formula is C15H22N4O. The molecule has 1 heterocycles. The summed E-state index contributed by atoms with van der Waals surface area (Å²) in [6.45, 7) is 0.799. The Bertz CT molecular complexity index is 500. The summed E-state index contributed by atoms with van der Waals surface area (Å²) in [7, 11) is 0. The van der Waals surface area contributed by atoms with Crippen molar-refractivity contribution in [3.8, 4) is 0 Å². The fourth-order valence-electron chi connectivity index (χ4n) is 5.35. The van der Waals surface area contributed by atoms with E-state index in [9.17, 15) is 4.79 Å². The van der Waals surface area contributed by atoms with Crippen LogP contribution in [0.5, 0.6) is 0 Å². The minimum Gasteiger partial charge on any atom is -0.382 e. The molecule has 0 radical (unpaired) electrons. The molecule has 5 nitrogen and oxygen atoms in total. The summed E-state index contributed by atoms with van der Waals surface area (Å²) in [5.41, 5.74) is 6.43. The lowest BCUT2D eigenvalue weighted by Gasteiger charge is -2.56. The van der Waals surface area contributed by atoms with E-state index >= 15 is 0 Å². The van der Waals surface area contributed by atoms with Crippen LogP contribution in [0.25, 0.3) is 0 Å². The molecule has 1 aromatic heterocycles. The predicted molar refractivity (Wildman–Crippen MR) is 75.9 cm³/mol. The van der Waals surface area contributed by atoms with Crippen molar-refractivity contribution in [1.29, 1.82) is 0 Å². The molecule has 4 N–H and O–H groups in total. The van der Waals surface area contributed by atoms with Crippen molar-refractivity contribution in [3.05, 3.63) is 12.0 Å². The number of aromatic nitrogens is 2. The van der Waals surface area contributed by atoms with Crippen LogP contribution in [0.3, 0.4) is 0 Å². The van der Waals surface area contributed by atoms with Crippen LogP contribution in [0, 0.1) is 23.2 Å². The van der Waals surface area contributed by atoms with Gasteiger partial charge < -0.3 is 16.0 Å². The first-order valence-corrected chi connectivity index (χ1v) is 7.71. The number of nitrogens with zero attached hydrogens (tertiary/aromatic N) is 1. The summed E-state index contributed by atoms with van der Waals surface area (Å²) in [6, 6.07) is 0. The standard InChI is InChI=1S/C15H22N4O/c16-13-12(18-8-19-13)14(20)17-7-15-4-9-1-10(5-15)3-11(2-9)6-15/h8-11H,1-7,16H2,(H,17,20)(H,18,19). The minimum absolute atomic E-state index is 0.115. The number of nitrogens with one attached hydrogen (secondary N) is 2. The molecular weight excluding hydrogens is 252 g/mol. The molecule has 0 aliphatic heterocycles. The summed E-state index contributed by atoms with van der Waals surface area (Å²) < 4.78 is 0. The number of amides is 1. The van der Waals surface area contributed by atoms with E-state index in [1.54, 1.807) is 0 Å². The van der Waals surface area contributed by atoms with Crippen molar-refractivity contribution in [3.63, 3.8) is 0 Å². The average molecular weight is 274 g/mol. The molecule has 4 aliphatic rings. The van der Waals surface area contributed by atoms with Gasteiger partial charge >= 0.3 is 0 Å². The van der Waals surface area contributed by atoms with E-state index in [2.05, 4.69) is 15.3 Å². The number of hydrogen-bond acceptors (Lipinski definition) is 3. The van der Waals surface area contributed by atoms with Gasteiger partial charge in [0.15, 0.2) is 5.82 Å². The zero-order chi connectivity index (χ0) is 13.7. The Morgan fingerprint density at radius 1 is 1.30 bits per heavy atom. The molecule has 5 heteroatoms. The Kier molecular flexibility index (Phi) is 2.59. The number of H-pyrrole nitrogens is 1. The van der Waals surface area contributed by atoms with Crippen LogP contribution in [-0.2, 0) is 0 Å². The normalized spacial score (nSPS) is 38.1. The monoisotopic (exact) mass is 274 g/mol. The largest absolute Gasteiger partial charge is 0.382 e. The lowest BCUT2D eigenvalue weighted by molar-refractivity contribution is -0.0503. The third kappa shape index (κ3) is 1.91. The summed E-state index contributed by atoms with van der Waals surface area (Å²) >= 11 is 0. The highest BCUT2D eigenvalue weighted by Gasteiger charge is 2.50. The number of carbonyl (C=O) groups excluding carboxylic acids is 1. The smallest absolute Gasteiger partial charge is 0.271 e. The van der Waals surface area contributed by atoms with Crippen LogP contribution in [0.1, 0.15) is 49.0 Å². The lowest BCUT2D eigenvalue weighted by Crippen LogP contribution is -2.51. The van der Waals surface area contributed by atoms with E-state index < -0.39 is 0 Å². The summed E-state index contributed by atoms with van der Waals surface area (Å²) in [5, 5.41) is 3.09. The van der Waals surface area contributed by atoms with E-state index in [4.69, 9.17) is 5.73 Å². The molecule has 4 bridgehead atoms. The van der Waals surface area contributed by atoms with Crippen LogP contribution in [0.2, 0.25) is 0 Å². The minimum atomic E-state index is -0.115. The molecule has 4 saturated carbocycles. The lowest BCUT2D eigenvalue weighted by atomic mass is 9.49. The van der Waals surface area contributed by atoms with E-state index in [1.165, 1.54) is 44.9 Å². The predicted octanol–water partition coefficient (Wildman–Crippen LogP) is 1.94. The molecule has 0 spiro atoms. The first kappa shape index (κ1) is 12.2. The van der Waals surface area contributed by atoms with Crippen molar-refractivity contribution in [2.75, 3.05) is 12.3 Å². The highest BCUT2D eigenvalue weighted by Crippen LogP contribution is 2.59. The highest BCUT2D eigenvalue weighted by atomic mass is 16.1. The van der Waals surface area contributed by atoms with Gasteiger partial charge in [-0.05, 0) is 61.7 Å². The van der Waals surface area contributed by atoms with Crippen molar-refractivity contribution >= 4 is 11.7 Å². The van der Waals surface area contributed by atoms with Gasteiger partial charge in [0.05, 0.1) is 6.33 Å². The Hall–Kier alpha value is -1.52. The van der Waals surface area contributed by atoms with E-state index in [0.29, 0.717) is 11.1 Å². The molecule has 20 heavy (non-hydrogen) atoms. The Morgan fingerprint density at radius 3 is 2.40 bits per heavy atom. The third-order valence-electron chi connectivity index (χ3n) is 5.68. The maximum absolute atomic E-state index is 12.2. The summed E-state index contributed by atoms with van der Waals surface area (Å²) in [4.78, 5) is 18.8. The number of nitrogen functional groups attached to an aromatic ring is 1. The van der Waals surface area contributed by atoms with Crippen molar-refractivity contribution in [2.24, 2.45) is 23.2 Å². The fourth-order valence-corrected chi connectivity index (χ4v) is 5.35. The van der Waals surface area contributed by atoms with Crippen LogP contribution in [0.4, 0.5) is 5.82 Å². The van der Waals surface area contributed by atoms with Crippen molar-refractivity contribution in [2.45, 2.75) is 38.5 Å². The molecule has 4 fully saturated rings. The van der Waals surface area contributed by atoms with E-state index in [-0.39, 0.29) is 11.7 Å². The van der Waals surface area contributed by atoms with Gasteiger partial charge in [-0.2, -0.15) is 0 Å². The molecule has 1 aromatic rings. The van der Waals surface area contributed by atoms with Crippen LogP contribution < -0.4 is 11.1 Å². The number of carbonyl (C=O) groups is 1. The number of hydrogen-bond donors (Lipinski definition) is 3. The number of anilines is 1. The number of imidazole rings is 1. The topological polar surface area (TPSA) is 83.8 Å². The first-order chi connectivity index (χ1) is 9.63. The first-order valence-electron chi connectivity index (χ1n) is 7.71. The van der Waals surface area contributed by atoms with Gasteiger partial charge in [0.25, 0.3) is 5.91 Å². The SMILES string of the molecule is Nc1nc[nH]c1C(=O)NCC12CC3CC(CC(C3)C1)C2. The maximum atomic E-state index is 12.2. The van der Waals surface area contributed by atoms with Crippen LogP contribution >= 0.6 is 0 Å². The average Bonchev–Trinajstić information content (AvgIpc) is 2.81. The zero-order valence-corrected chi connectivity index (χ0v) is 11.7. The molecule has 0 saturated heterocycles. The van der Waals surface area contributed by atoms with Crippen LogP contribution in [0.15, 0.2) is 6.33 Å². The molecule has 5 rings (SSSR count). The maximum Gasteiger partial charge on any atom is 0.271 e. The van der Waals surface area contributed by atoms with Gasteiger partial charge in [0.2, 0.25) is 0 Å². The van der Waals surface area contributed by atoms with Gasteiger partial charge in [0, 0.05) is 6.54 Å². The quantitative estimate of drug-likeness (QED) is 0.787. The number of rotatable bonds is 3. The van der Waals surface area contributed by atoms with Crippen LogP contribution in [-0.4, -0.2) is 22.4 Å². The second kappa shape index (κ2) is 4.24. The summed E-state index contributed by atoms with van der Waals surface area (Å²) in [5.74, 6) is 2.91. The van der Waals surface area contributed by atoms with Gasteiger partial charge in [-0.3, -0.25) is 4.79 Å². The molecule has 1 amide bonds. The van der Waals surface area contributed by atoms with Gasteiger partial charge in [-0.25, -0.2) is 4.98 Å². The molecule has 0 atom stereocenters. The second-order valence-electron chi connectivity index (χ2n) is 7.26. The van der Waals surface area contributed by atoms with Crippen molar-refractivity contribution < 1.29 is 4.79 Å². The Labute approximate surface area is 118 Å². The zero-order valence-electron chi connectivity index (χ0n) is 11.7. The highest BCUT2D eigenvalue weighted by molar-refractivity contribution is 5.96. The molecule has 4 aliphatic carbocycles. The second-order valence-corrected chi connectivity index (χ2v) is 7.26. The molecule has 108 valence electrons. The van der Waals surface area contributed by atoms with Gasteiger partial charge in [-0.1, -0.05) is 0 Å². The number of aromatic amines is 1. The fraction of sp³-hybridized carbons (Fsp3) is 0.733. The van der Waals surface area contributed by atoms with Gasteiger partial charge in [-0.15, -0.1) is 0 Å². The van der Waals surface area contributed by atoms with Crippen molar-refractivity contribution in [1.82, 2.24) is 15.3 Å².